The van der Waals surface area contributed by atoms with Crippen molar-refractivity contribution in [3.05, 3.63) is 206 Å². The standard InChI is InChI=1S/C50H34N2/c1-3-13-40-33-43(31-27-35(40)11-1)51(44-32-28-36-12-2-4-14-41(36)34-44)42-29-25-38(26-30-42)37-21-23-39(24-22-37)45-15-5-8-18-48(45)52-49-19-9-6-16-46(49)47-17-7-10-20-50(47)52/h1-34H. The number of nitrogens with zero attached hydrogens (tertiary/aromatic N) is 2. The van der Waals surface area contributed by atoms with Crippen molar-refractivity contribution < 1.29 is 0 Å². The number of para-hydroxylation sites is 3. The summed E-state index contributed by atoms with van der Waals surface area (Å²) in [4.78, 5) is 2.36. The van der Waals surface area contributed by atoms with Crippen LogP contribution in [0.15, 0.2) is 206 Å². The van der Waals surface area contributed by atoms with Crippen LogP contribution in [0.3, 0.4) is 0 Å². The maximum absolute atomic E-state index is 2.41. The van der Waals surface area contributed by atoms with Gasteiger partial charge in [0, 0.05) is 33.4 Å². The lowest BCUT2D eigenvalue weighted by atomic mass is 9.98. The summed E-state index contributed by atoms with van der Waals surface area (Å²) in [6.45, 7) is 0. The molecule has 0 bridgehead atoms. The highest BCUT2D eigenvalue weighted by atomic mass is 15.1. The highest BCUT2D eigenvalue weighted by molar-refractivity contribution is 6.09. The molecule has 0 N–H and O–H groups in total. The average Bonchev–Trinajstić information content (AvgIpc) is 3.55. The smallest absolute Gasteiger partial charge is 0.0541 e. The zero-order valence-corrected chi connectivity index (χ0v) is 28.5. The van der Waals surface area contributed by atoms with Crippen LogP contribution >= 0.6 is 0 Å². The van der Waals surface area contributed by atoms with Gasteiger partial charge in [-0.15, -0.1) is 0 Å². The molecule has 244 valence electrons. The quantitative estimate of drug-likeness (QED) is 0.172. The molecule has 0 saturated heterocycles. The predicted octanol–water partition coefficient (Wildman–Crippen LogP) is 13.9. The molecule has 2 nitrogen and oxygen atoms in total. The van der Waals surface area contributed by atoms with Crippen molar-refractivity contribution >= 4 is 60.4 Å². The first-order valence-corrected chi connectivity index (χ1v) is 17.8. The minimum atomic E-state index is 1.12. The summed E-state index contributed by atoms with van der Waals surface area (Å²) in [5.41, 5.74) is 11.8. The molecule has 52 heavy (non-hydrogen) atoms. The highest BCUT2D eigenvalue weighted by Crippen LogP contribution is 2.40. The van der Waals surface area contributed by atoms with E-state index >= 15 is 0 Å². The summed E-state index contributed by atoms with van der Waals surface area (Å²) >= 11 is 0. The summed E-state index contributed by atoms with van der Waals surface area (Å²) in [7, 11) is 0. The monoisotopic (exact) mass is 662 g/mol. The molecule has 0 unspecified atom stereocenters. The Morgan fingerprint density at radius 2 is 0.731 bits per heavy atom. The molecule has 0 aliphatic carbocycles. The van der Waals surface area contributed by atoms with E-state index in [1.807, 2.05) is 0 Å². The van der Waals surface area contributed by atoms with E-state index in [2.05, 4.69) is 216 Å². The molecule has 0 atom stereocenters. The summed E-state index contributed by atoms with van der Waals surface area (Å²) < 4.78 is 2.41. The molecule has 0 fully saturated rings. The van der Waals surface area contributed by atoms with E-state index in [4.69, 9.17) is 0 Å². The Morgan fingerprint density at radius 1 is 0.308 bits per heavy atom. The molecule has 0 spiro atoms. The number of hydrogen-bond donors (Lipinski definition) is 0. The minimum Gasteiger partial charge on any atom is -0.310 e. The van der Waals surface area contributed by atoms with Crippen LogP contribution in [-0.4, -0.2) is 4.57 Å². The summed E-state index contributed by atoms with van der Waals surface area (Å²) in [6, 6.07) is 74.7. The van der Waals surface area contributed by atoms with Gasteiger partial charge in [0.1, 0.15) is 0 Å². The van der Waals surface area contributed by atoms with Gasteiger partial charge in [0.15, 0.2) is 0 Å². The number of anilines is 3. The molecule has 0 amide bonds. The fourth-order valence-corrected chi connectivity index (χ4v) is 7.82. The van der Waals surface area contributed by atoms with Crippen LogP contribution in [0.4, 0.5) is 17.1 Å². The van der Waals surface area contributed by atoms with E-state index in [9.17, 15) is 0 Å². The molecule has 1 aromatic heterocycles. The summed E-state index contributed by atoms with van der Waals surface area (Å²) in [5, 5.41) is 7.46. The molecule has 0 saturated carbocycles. The molecular formula is C50H34N2. The van der Waals surface area contributed by atoms with Gasteiger partial charge >= 0.3 is 0 Å². The van der Waals surface area contributed by atoms with Crippen molar-refractivity contribution in [2.45, 2.75) is 0 Å². The van der Waals surface area contributed by atoms with Gasteiger partial charge < -0.3 is 9.47 Å². The molecule has 0 aliphatic heterocycles. The van der Waals surface area contributed by atoms with Crippen LogP contribution in [0.2, 0.25) is 0 Å². The van der Waals surface area contributed by atoms with Crippen molar-refractivity contribution in [3.8, 4) is 27.9 Å². The first-order valence-electron chi connectivity index (χ1n) is 17.8. The Labute approximate surface area is 303 Å². The molecule has 2 heteroatoms. The predicted molar refractivity (Wildman–Crippen MR) is 221 cm³/mol. The highest BCUT2D eigenvalue weighted by Gasteiger charge is 2.16. The van der Waals surface area contributed by atoms with Gasteiger partial charge in [0.25, 0.3) is 0 Å². The Balaban J connectivity index is 1.01. The second kappa shape index (κ2) is 12.5. The number of fused-ring (bicyclic) bond motifs is 5. The fourth-order valence-electron chi connectivity index (χ4n) is 7.82. The normalized spacial score (nSPS) is 11.5. The summed E-state index contributed by atoms with van der Waals surface area (Å²) in [5.74, 6) is 0. The van der Waals surface area contributed by atoms with E-state index in [1.54, 1.807) is 0 Å². The summed E-state index contributed by atoms with van der Waals surface area (Å²) in [6.07, 6.45) is 0. The van der Waals surface area contributed by atoms with E-state index in [1.165, 1.54) is 71.3 Å². The zero-order chi connectivity index (χ0) is 34.4. The van der Waals surface area contributed by atoms with Crippen LogP contribution in [-0.2, 0) is 0 Å². The first kappa shape index (κ1) is 30.0. The van der Waals surface area contributed by atoms with Gasteiger partial charge in [-0.3, -0.25) is 0 Å². The Kier molecular flexibility index (Phi) is 7.18. The SMILES string of the molecule is c1ccc(-n2c3ccccc3c3ccccc32)c(-c2ccc(-c3ccc(N(c4ccc5ccccc5c4)c4ccc5ccccc5c4)cc3)cc2)c1. The number of aromatic nitrogens is 1. The van der Waals surface area contributed by atoms with E-state index in [0.717, 1.165) is 17.1 Å². The minimum absolute atomic E-state index is 1.12. The third-order valence-electron chi connectivity index (χ3n) is 10.4. The van der Waals surface area contributed by atoms with Crippen molar-refractivity contribution in [2.75, 3.05) is 4.90 Å². The first-order chi connectivity index (χ1) is 25.8. The topological polar surface area (TPSA) is 8.17 Å². The van der Waals surface area contributed by atoms with Crippen molar-refractivity contribution in [1.29, 1.82) is 0 Å². The maximum atomic E-state index is 2.41. The van der Waals surface area contributed by atoms with Gasteiger partial charge in [-0.1, -0.05) is 152 Å². The van der Waals surface area contributed by atoms with Crippen molar-refractivity contribution in [3.63, 3.8) is 0 Å². The average molecular weight is 663 g/mol. The molecule has 1 heterocycles. The Hall–Kier alpha value is -6.90. The zero-order valence-electron chi connectivity index (χ0n) is 28.5. The van der Waals surface area contributed by atoms with Gasteiger partial charge in [-0.2, -0.15) is 0 Å². The second-order valence-electron chi connectivity index (χ2n) is 13.4. The van der Waals surface area contributed by atoms with E-state index in [-0.39, 0.29) is 0 Å². The molecule has 0 radical (unpaired) electrons. The number of rotatable bonds is 6. The molecule has 9 aromatic carbocycles. The van der Waals surface area contributed by atoms with Crippen LogP contribution in [0.25, 0.3) is 71.3 Å². The van der Waals surface area contributed by atoms with Gasteiger partial charge in [0.2, 0.25) is 0 Å². The Morgan fingerprint density at radius 3 is 1.31 bits per heavy atom. The third kappa shape index (κ3) is 5.12. The second-order valence-corrected chi connectivity index (χ2v) is 13.4. The molecule has 10 rings (SSSR count). The van der Waals surface area contributed by atoms with Crippen LogP contribution < -0.4 is 4.90 Å². The molecule has 10 aromatic rings. The van der Waals surface area contributed by atoms with Gasteiger partial charge in [0.05, 0.1) is 16.7 Å². The van der Waals surface area contributed by atoms with Crippen LogP contribution in [0.1, 0.15) is 0 Å². The lowest BCUT2D eigenvalue weighted by Crippen LogP contribution is -2.09. The lowest BCUT2D eigenvalue weighted by Gasteiger charge is -2.26. The maximum Gasteiger partial charge on any atom is 0.0541 e. The lowest BCUT2D eigenvalue weighted by molar-refractivity contribution is 1.18. The molecular weight excluding hydrogens is 629 g/mol. The number of benzene rings is 9. The van der Waals surface area contributed by atoms with Crippen LogP contribution in [0, 0.1) is 0 Å². The largest absolute Gasteiger partial charge is 0.310 e. The number of hydrogen-bond acceptors (Lipinski definition) is 1. The molecule has 0 aliphatic rings. The van der Waals surface area contributed by atoms with Crippen molar-refractivity contribution in [1.82, 2.24) is 4.57 Å². The van der Waals surface area contributed by atoms with E-state index in [0.29, 0.717) is 0 Å². The van der Waals surface area contributed by atoms with Crippen molar-refractivity contribution in [2.24, 2.45) is 0 Å². The van der Waals surface area contributed by atoms with Gasteiger partial charge in [-0.05, 0) is 92.8 Å². The van der Waals surface area contributed by atoms with Crippen LogP contribution in [0.5, 0.6) is 0 Å². The Bertz CT molecular complexity index is 2760. The third-order valence-corrected chi connectivity index (χ3v) is 10.4. The van der Waals surface area contributed by atoms with E-state index < -0.39 is 0 Å². The fraction of sp³-hybridized carbons (Fsp3) is 0. The van der Waals surface area contributed by atoms with Gasteiger partial charge in [-0.25, -0.2) is 0 Å².